The first kappa shape index (κ1) is 10.5. The summed E-state index contributed by atoms with van der Waals surface area (Å²) in [4.78, 5) is 8.28. The maximum atomic E-state index is 12.7. The van der Waals surface area contributed by atoms with E-state index in [9.17, 15) is 4.39 Å². The quantitative estimate of drug-likeness (QED) is 0.794. The number of benzene rings is 1. The van der Waals surface area contributed by atoms with Crippen LogP contribution in [0.5, 0.6) is 5.88 Å². The number of hydrogen-bond donors (Lipinski definition) is 0. The van der Waals surface area contributed by atoms with E-state index in [2.05, 4.69) is 9.97 Å². The molecule has 1 aromatic carbocycles. The molecule has 82 valence electrons. The van der Waals surface area contributed by atoms with Gasteiger partial charge in [0.15, 0.2) is 0 Å². The van der Waals surface area contributed by atoms with Gasteiger partial charge in [0.05, 0.1) is 24.7 Å². The van der Waals surface area contributed by atoms with E-state index in [1.54, 1.807) is 24.5 Å². The van der Waals surface area contributed by atoms with Gasteiger partial charge < -0.3 is 4.74 Å². The summed E-state index contributed by atoms with van der Waals surface area (Å²) >= 11 is 0. The third kappa shape index (κ3) is 2.34. The summed E-state index contributed by atoms with van der Waals surface area (Å²) in [5.74, 6) is 0.232. The van der Waals surface area contributed by atoms with Crippen molar-refractivity contribution in [2.75, 3.05) is 6.61 Å². The summed E-state index contributed by atoms with van der Waals surface area (Å²) in [5.41, 5.74) is 1.53. The Hall–Kier alpha value is -1.97. The fraction of sp³-hybridized carbons (Fsp3) is 0.167. The molecule has 0 fully saturated rings. The molecule has 0 bridgehead atoms. The second-order valence-electron chi connectivity index (χ2n) is 3.18. The van der Waals surface area contributed by atoms with E-state index in [0.29, 0.717) is 18.2 Å². The van der Waals surface area contributed by atoms with E-state index in [1.165, 1.54) is 12.1 Å². The molecule has 0 spiro atoms. The molecule has 3 nitrogen and oxygen atoms in total. The molecule has 0 unspecified atom stereocenters. The van der Waals surface area contributed by atoms with Crippen molar-refractivity contribution >= 4 is 0 Å². The molecule has 0 aliphatic rings. The molecule has 1 heterocycles. The molecule has 0 aliphatic carbocycles. The van der Waals surface area contributed by atoms with Crippen LogP contribution in [-0.4, -0.2) is 16.6 Å². The van der Waals surface area contributed by atoms with Crippen molar-refractivity contribution in [2.45, 2.75) is 6.92 Å². The predicted octanol–water partition coefficient (Wildman–Crippen LogP) is 2.68. The van der Waals surface area contributed by atoms with Crippen LogP contribution in [0, 0.1) is 5.82 Å². The lowest BCUT2D eigenvalue weighted by Gasteiger charge is -2.03. The molecule has 0 saturated heterocycles. The standard InChI is InChI=1S/C12H11FN2O/c1-2-16-12-8-14-11(7-15-12)9-3-5-10(13)6-4-9/h3-8H,2H2,1H3. The lowest BCUT2D eigenvalue weighted by Crippen LogP contribution is -1.95. The summed E-state index contributed by atoms with van der Waals surface area (Å²) in [7, 11) is 0. The molecule has 0 N–H and O–H groups in total. The van der Waals surface area contributed by atoms with Gasteiger partial charge in [-0.1, -0.05) is 0 Å². The zero-order chi connectivity index (χ0) is 11.4. The van der Waals surface area contributed by atoms with E-state index in [4.69, 9.17) is 4.74 Å². The molecule has 0 aliphatic heterocycles. The molecule has 16 heavy (non-hydrogen) atoms. The van der Waals surface area contributed by atoms with Gasteiger partial charge in [-0.15, -0.1) is 0 Å². The second-order valence-corrected chi connectivity index (χ2v) is 3.18. The van der Waals surface area contributed by atoms with Crippen molar-refractivity contribution in [3.05, 3.63) is 42.5 Å². The number of rotatable bonds is 3. The van der Waals surface area contributed by atoms with E-state index in [-0.39, 0.29) is 5.82 Å². The van der Waals surface area contributed by atoms with Gasteiger partial charge in [-0.05, 0) is 31.2 Å². The average molecular weight is 218 g/mol. The average Bonchev–Trinajstić information content (AvgIpc) is 2.32. The molecule has 0 saturated carbocycles. The van der Waals surface area contributed by atoms with Crippen LogP contribution in [0.4, 0.5) is 4.39 Å². The Morgan fingerprint density at radius 3 is 2.44 bits per heavy atom. The van der Waals surface area contributed by atoms with Crippen molar-refractivity contribution in [1.82, 2.24) is 9.97 Å². The topological polar surface area (TPSA) is 35.0 Å². The summed E-state index contributed by atoms with van der Waals surface area (Å²) in [5, 5.41) is 0. The minimum atomic E-state index is -0.261. The smallest absolute Gasteiger partial charge is 0.232 e. The first-order valence-corrected chi connectivity index (χ1v) is 5.00. The molecule has 2 rings (SSSR count). The highest BCUT2D eigenvalue weighted by Crippen LogP contribution is 2.17. The normalized spacial score (nSPS) is 10.1. The monoisotopic (exact) mass is 218 g/mol. The van der Waals surface area contributed by atoms with Crippen LogP contribution in [0.1, 0.15) is 6.92 Å². The molecule has 0 radical (unpaired) electrons. The Morgan fingerprint density at radius 2 is 1.88 bits per heavy atom. The van der Waals surface area contributed by atoms with Crippen LogP contribution in [0.2, 0.25) is 0 Å². The molecule has 2 aromatic rings. The number of ether oxygens (including phenoxy) is 1. The van der Waals surface area contributed by atoms with Gasteiger partial charge in [0.1, 0.15) is 5.82 Å². The Bertz CT molecular complexity index is 453. The van der Waals surface area contributed by atoms with Crippen LogP contribution in [-0.2, 0) is 0 Å². The van der Waals surface area contributed by atoms with Gasteiger partial charge in [0.2, 0.25) is 5.88 Å². The van der Waals surface area contributed by atoms with Crippen LogP contribution in [0.25, 0.3) is 11.3 Å². The first-order chi connectivity index (χ1) is 7.79. The Balaban J connectivity index is 2.24. The van der Waals surface area contributed by atoms with Crippen molar-refractivity contribution in [3.8, 4) is 17.1 Å². The lowest BCUT2D eigenvalue weighted by atomic mass is 10.2. The Kier molecular flexibility index (Phi) is 3.10. The highest BCUT2D eigenvalue weighted by atomic mass is 19.1. The van der Waals surface area contributed by atoms with E-state index >= 15 is 0 Å². The van der Waals surface area contributed by atoms with Crippen LogP contribution >= 0.6 is 0 Å². The predicted molar refractivity (Wildman–Crippen MR) is 58.6 cm³/mol. The molecule has 4 heteroatoms. The van der Waals surface area contributed by atoms with Crippen molar-refractivity contribution < 1.29 is 9.13 Å². The summed E-state index contributed by atoms with van der Waals surface area (Å²) in [6.45, 7) is 2.44. The van der Waals surface area contributed by atoms with Crippen LogP contribution in [0.15, 0.2) is 36.7 Å². The van der Waals surface area contributed by atoms with Crippen LogP contribution in [0.3, 0.4) is 0 Å². The molecule has 1 aromatic heterocycles. The zero-order valence-corrected chi connectivity index (χ0v) is 8.85. The van der Waals surface area contributed by atoms with Gasteiger partial charge in [-0.3, -0.25) is 0 Å². The third-order valence-corrected chi connectivity index (χ3v) is 2.06. The molecular formula is C12H11FN2O. The summed E-state index contributed by atoms with van der Waals surface area (Å²) in [6, 6.07) is 6.13. The number of aromatic nitrogens is 2. The second kappa shape index (κ2) is 4.70. The van der Waals surface area contributed by atoms with Crippen molar-refractivity contribution in [1.29, 1.82) is 0 Å². The highest BCUT2D eigenvalue weighted by molar-refractivity contribution is 5.57. The zero-order valence-electron chi connectivity index (χ0n) is 8.85. The first-order valence-electron chi connectivity index (χ1n) is 5.00. The maximum absolute atomic E-state index is 12.7. The van der Waals surface area contributed by atoms with Crippen LogP contribution < -0.4 is 4.74 Å². The third-order valence-electron chi connectivity index (χ3n) is 2.06. The lowest BCUT2D eigenvalue weighted by molar-refractivity contribution is 0.325. The van der Waals surface area contributed by atoms with Gasteiger partial charge >= 0.3 is 0 Å². The number of hydrogen-bond acceptors (Lipinski definition) is 3. The van der Waals surface area contributed by atoms with Gasteiger partial charge in [0.25, 0.3) is 0 Å². The van der Waals surface area contributed by atoms with E-state index < -0.39 is 0 Å². The van der Waals surface area contributed by atoms with Crippen molar-refractivity contribution in [3.63, 3.8) is 0 Å². The summed E-state index contributed by atoms with van der Waals surface area (Å²) < 4.78 is 17.9. The maximum Gasteiger partial charge on any atom is 0.232 e. The van der Waals surface area contributed by atoms with Gasteiger partial charge in [-0.25, -0.2) is 14.4 Å². The molecule has 0 amide bonds. The van der Waals surface area contributed by atoms with Gasteiger partial charge in [-0.2, -0.15) is 0 Å². The largest absolute Gasteiger partial charge is 0.477 e. The van der Waals surface area contributed by atoms with E-state index in [0.717, 1.165) is 5.56 Å². The number of halogens is 1. The van der Waals surface area contributed by atoms with Crippen molar-refractivity contribution in [2.24, 2.45) is 0 Å². The summed E-state index contributed by atoms with van der Waals surface area (Å²) in [6.07, 6.45) is 3.17. The Morgan fingerprint density at radius 1 is 1.12 bits per heavy atom. The highest BCUT2D eigenvalue weighted by Gasteiger charge is 2.01. The SMILES string of the molecule is CCOc1cnc(-c2ccc(F)cc2)cn1. The minimum Gasteiger partial charge on any atom is -0.477 e. The van der Waals surface area contributed by atoms with E-state index in [1.807, 2.05) is 6.92 Å². The minimum absolute atomic E-state index is 0.261. The molecular weight excluding hydrogens is 207 g/mol. The molecule has 0 atom stereocenters. The van der Waals surface area contributed by atoms with Gasteiger partial charge in [0, 0.05) is 5.56 Å². The number of nitrogens with zero attached hydrogens (tertiary/aromatic N) is 2. The fourth-order valence-corrected chi connectivity index (χ4v) is 1.31. The fourth-order valence-electron chi connectivity index (χ4n) is 1.31. The Labute approximate surface area is 92.9 Å².